The highest BCUT2D eigenvalue weighted by Crippen LogP contribution is 2.28. The topological polar surface area (TPSA) is 53.0 Å². The fraction of sp³-hybridized carbons (Fsp3) is 0.500. The highest BCUT2D eigenvalue weighted by atomic mass is 16.5. The first-order valence-electron chi connectivity index (χ1n) is 11.6. The second-order valence-corrected chi connectivity index (χ2v) is 8.92. The molecule has 0 spiro atoms. The molecule has 5 heteroatoms. The third kappa shape index (κ3) is 5.10. The summed E-state index contributed by atoms with van der Waals surface area (Å²) in [5.41, 5.74) is 3.33. The molecule has 0 bridgehead atoms. The minimum absolute atomic E-state index is 0.0761. The van der Waals surface area contributed by atoms with Crippen molar-refractivity contribution in [1.29, 1.82) is 0 Å². The number of aliphatic hydroxyl groups is 1. The third-order valence-electron chi connectivity index (χ3n) is 6.77. The van der Waals surface area contributed by atoms with Crippen molar-refractivity contribution in [3.8, 4) is 5.75 Å². The molecule has 2 aliphatic rings. The Morgan fingerprint density at radius 2 is 2.06 bits per heavy atom. The minimum atomic E-state index is -0.711. The molecular weight excluding hydrogens is 388 g/mol. The van der Waals surface area contributed by atoms with Gasteiger partial charge in [-0.05, 0) is 68.0 Å². The van der Waals surface area contributed by atoms with E-state index >= 15 is 0 Å². The maximum absolute atomic E-state index is 12.7. The van der Waals surface area contributed by atoms with Crippen molar-refractivity contribution in [2.75, 3.05) is 26.2 Å². The summed E-state index contributed by atoms with van der Waals surface area (Å²) in [5.74, 6) is 1.35. The molecule has 2 heterocycles. The van der Waals surface area contributed by atoms with E-state index in [1.165, 1.54) is 11.1 Å². The van der Waals surface area contributed by atoms with E-state index in [9.17, 15) is 9.90 Å². The molecule has 1 amide bonds. The van der Waals surface area contributed by atoms with Gasteiger partial charge in [0.1, 0.15) is 12.0 Å². The average Bonchev–Trinajstić information content (AvgIpc) is 3.25. The van der Waals surface area contributed by atoms with Crippen LogP contribution in [0, 0.1) is 5.92 Å². The van der Waals surface area contributed by atoms with Crippen molar-refractivity contribution < 1.29 is 14.6 Å². The number of rotatable bonds is 7. The zero-order chi connectivity index (χ0) is 21.8. The van der Waals surface area contributed by atoms with E-state index < -0.39 is 6.23 Å². The largest absolute Gasteiger partial charge is 0.493 e. The molecule has 0 radical (unpaired) electrons. The van der Waals surface area contributed by atoms with Gasteiger partial charge >= 0.3 is 0 Å². The van der Waals surface area contributed by atoms with Crippen molar-refractivity contribution in [2.45, 2.75) is 51.8 Å². The van der Waals surface area contributed by atoms with Crippen LogP contribution in [0.5, 0.6) is 5.75 Å². The number of fused-ring (bicyclic) bond motifs is 1. The van der Waals surface area contributed by atoms with Crippen LogP contribution in [0.4, 0.5) is 0 Å². The molecule has 2 aromatic rings. The summed E-state index contributed by atoms with van der Waals surface area (Å²) < 4.78 is 5.63. The zero-order valence-corrected chi connectivity index (χ0v) is 18.7. The molecule has 5 nitrogen and oxygen atoms in total. The van der Waals surface area contributed by atoms with Gasteiger partial charge < -0.3 is 19.6 Å². The van der Waals surface area contributed by atoms with Gasteiger partial charge in [0.05, 0.1) is 6.61 Å². The molecule has 2 aromatic carbocycles. The normalized spacial score (nSPS) is 21.6. The highest BCUT2D eigenvalue weighted by molar-refractivity contribution is 5.94. The van der Waals surface area contributed by atoms with E-state index in [-0.39, 0.29) is 5.91 Å². The quantitative estimate of drug-likeness (QED) is 0.739. The summed E-state index contributed by atoms with van der Waals surface area (Å²) in [6.07, 6.45) is 2.87. The van der Waals surface area contributed by atoms with E-state index in [1.54, 1.807) is 4.90 Å². The second-order valence-electron chi connectivity index (χ2n) is 8.92. The fourth-order valence-corrected chi connectivity index (χ4v) is 4.95. The van der Waals surface area contributed by atoms with Crippen LogP contribution >= 0.6 is 0 Å². The Bertz CT molecular complexity index is 885. The molecule has 31 heavy (non-hydrogen) atoms. The molecule has 0 saturated carbocycles. The van der Waals surface area contributed by atoms with E-state index in [4.69, 9.17) is 4.74 Å². The first-order valence-corrected chi connectivity index (χ1v) is 11.6. The van der Waals surface area contributed by atoms with Crippen LogP contribution in [0.2, 0.25) is 0 Å². The molecule has 0 aliphatic carbocycles. The molecule has 166 valence electrons. The molecule has 4 rings (SSSR count). The minimum Gasteiger partial charge on any atom is -0.493 e. The van der Waals surface area contributed by atoms with Crippen molar-refractivity contribution >= 4 is 5.91 Å². The summed E-state index contributed by atoms with van der Waals surface area (Å²) in [4.78, 5) is 16.9. The summed E-state index contributed by atoms with van der Waals surface area (Å²) in [6, 6.07) is 16.3. The maximum Gasteiger partial charge on any atom is 0.255 e. The van der Waals surface area contributed by atoms with Gasteiger partial charge in [-0.1, -0.05) is 37.3 Å². The Hall–Kier alpha value is -2.37. The van der Waals surface area contributed by atoms with E-state index in [2.05, 4.69) is 36.9 Å². The van der Waals surface area contributed by atoms with Gasteiger partial charge in [0.15, 0.2) is 0 Å². The number of hydrogen-bond acceptors (Lipinski definition) is 4. The van der Waals surface area contributed by atoms with Crippen LogP contribution in [-0.2, 0) is 12.8 Å². The number of aliphatic hydroxyl groups excluding tert-OH is 1. The lowest BCUT2D eigenvalue weighted by molar-refractivity contribution is -0.0334. The van der Waals surface area contributed by atoms with Gasteiger partial charge in [-0.25, -0.2) is 0 Å². The van der Waals surface area contributed by atoms with Crippen LogP contribution in [0.15, 0.2) is 48.5 Å². The lowest BCUT2D eigenvalue weighted by Crippen LogP contribution is -2.49. The maximum atomic E-state index is 12.7. The number of carbonyl (C=O) groups is 1. The Kier molecular flexibility index (Phi) is 6.93. The van der Waals surface area contributed by atoms with E-state index in [0.29, 0.717) is 30.5 Å². The summed E-state index contributed by atoms with van der Waals surface area (Å²) >= 11 is 0. The third-order valence-corrected chi connectivity index (χ3v) is 6.77. The molecule has 1 saturated heterocycles. The standard InChI is InChI=1S/C26H34N2O3/c1-3-27(19(2)15-20-9-10-24-23(16-20)12-14-31-24)18-21-11-13-28(25(29)17-21)26(30)22-7-5-4-6-8-22/h4-10,16,19,21,25,29H,3,11-15,17-18H2,1-2H3. The number of nitrogens with zero attached hydrogens (tertiary/aromatic N) is 2. The summed E-state index contributed by atoms with van der Waals surface area (Å²) in [6.45, 7) is 7.83. The number of likely N-dealkylation sites (N-methyl/N-ethyl adjacent to an activating group) is 1. The van der Waals surface area contributed by atoms with Crippen LogP contribution < -0.4 is 4.74 Å². The molecular formula is C26H34N2O3. The summed E-state index contributed by atoms with van der Waals surface area (Å²) in [7, 11) is 0. The van der Waals surface area contributed by atoms with Gasteiger partial charge in [-0.15, -0.1) is 0 Å². The van der Waals surface area contributed by atoms with Gasteiger partial charge in [-0.3, -0.25) is 4.79 Å². The number of hydrogen-bond donors (Lipinski definition) is 1. The predicted octanol–water partition coefficient (Wildman–Crippen LogP) is 3.75. The molecule has 1 fully saturated rings. The van der Waals surface area contributed by atoms with Crippen LogP contribution in [0.1, 0.15) is 48.2 Å². The molecule has 0 aromatic heterocycles. The second kappa shape index (κ2) is 9.84. The van der Waals surface area contributed by atoms with Crippen molar-refractivity contribution in [2.24, 2.45) is 5.92 Å². The first kappa shape index (κ1) is 21.8. The van der Waals surface area contributed by atoms with Crippen molar-refractivity contribution in [3.63, 3.8) is 0 Å². The molecule has 3 unspecified atom stereocenters. The smallest absolute Gasteiger partial charge is 0.255 e. The number of carbonyl (C=O) groups excluding carboxylic acids is 1. The SMILES string of the molecule is CCN(CC1CCN(C(=O)c2ccccc2)C(O)C1)C(C)Cc1ccc2c(c1)CCO2. The molecule has 2 aliphatic heterocycles. The number of benzene rings is 2. The van der Waals surface area contributed by atoms with Crippen LogP contribution in [-0.4, -0.2) is 59.3 Å². The van der Waals surface area contributed by atoms with Gasteiger partial charge in [0, 0.05) is 31.1 Å². The highest BCUT2D eigenvalue weighted by Gasteiger charge is 2.32. The molecule has 1 N–H and O–H groups in total. The van der Waals surface area contributed by atoms with Crippen molar-refractivity contribution in [1.82, 2.24) is 9.80 Å². The number of likely N-dealkylation sites (tertiary alicyclic amines) is 1. The van der Waals surface area contributed by atoms with Gasteiger partial charge in [0.25, 0.3) is 5.91 Å². The zero-order valence-electron chi connectivity index (χ0n) is 18.7. The Balaban J connectivity index is 1.32. The first-order chi connectivity index (χ1) is 15.0. The van der Waals surface area contributed by atoms with Crippen LogP contribution in [0.25, 0.3) is 0 Å². The number of ether oxygens (including phenoxy) is 1. The monoisotopic (exact) mass is 422 g/mol. The van der Waals surface area contributed by atoms with E-state index in [1.807, 2.05) is 30.3 Å². The average molecular weight is 423 g/mol. The molecule has 3 atom stereocenters. The van der Waals surface area contributed by atoms with Gasteiger partial charge in [0.2, 0.25) is 0 Å². The Morgan fingerprint density at radius 1 is 1.26 bits per heavy atom. The lowest BCUT2D eigenvalue weighted by atomic mass is 9.93. The van der Waals surface area contributed by atoms with Crippen LogP contribution in [0.3, 0.4) is 0 Å². The Labute approximate surface area is 185 Å². The summed E-state index contributed by atoms with van der Waals surface area (Å²) in [5, 5.41) is 10.7. The fourth-order valence-electron chi connectivity index (χ4n) is 4.95. The van der Waals surface area contributed by atoms with Crippen molar-refractivity contribution in [3.05, 3.63) is 65.2 Å². The van der Waals surface area contributed by atoms with Gasteiger partial charge in [-0.2, -0.15) is 0 Å². The lowest BCUT2D eigenvalue weighted by Gasteiger charge is -2.39. The van der Waals surface area contributed by atoms with E-state index in [0.717, 1.165) is 44.7 Å². The predicted molar refractivity (Wildman–Crippen MR) is 122 cm³/mol. The number of amides is 1. The Morgan fingerprint density at radius 3 is 2.81 bits per heavy atom. The number of piperidine rings is 1.